The summed E-state index contributed by atoms with van der Waals surface area (Å²) in [5.41, 5.74) is 0.678. The molecule has 4 nitrogen and oxygen atoms in total. The molecule has 1 heterocycles. The summed E-state index contributed by atoms with van der Waals surface area (Å²) >= 11 is 0. The zero-order chi connectivity index (χ0) is 13.4. The maximum absolute atomic E-state index is 11.3. The van der Waals surface area contributed by atoms with E-state index in [0.29, 0.717) is 17.1 Å². The van der Waals surface area contributed by atoms with Gasteiger partial charge in [-0.1, -0.05) is 12.1 Å². The van der Waals surface area contributed by atoms with E-state index in [9.17, 15) is 4.79 Å². The fourth-order valence-corrected chi connectivity index (χ4v) is 2.23. The molecule has 0 spiro atoms. The monoisotopic (exact) mass is 256 g/mol. The molecule has 0 aliphatic heterocycles. The van der Waals surface area contributed by atoms with Crippen LogP contribution in [0.25, 0.3) is 21.7 Å². The number of fused-ring (bicyclic) bond motifs is 2. The summed E-state index contributed by atoms with van der Waals surface area (Å²) in [6.45, 7) is 1.38. The number of carbonyl (C=O) groups excluding carboxylic acids is 1. The number of esters is 1. The highest BCUT2D eigenvalue weighted by Gasteiger charge is 2.16. The van der Waals surface area contributed by atoms with Crippen LogP contribution in [0.15, 0.2) is 41.0 Å². The molecule has 4 heteroatoms. The molecule has 0 aliphatic rings. The van der Waals surface area contributed by atoms with Crippen LogP contribution in [0.5, 0.6) is 11.5 Å². The lowest BCUT2D eigenvalue weighted by Gasteiger charge is -2.11. The van der Waals surface area contributed by atoms with E-state index in [0.717, 1.165) is 16.2 Å². The van der Waals surface area contributed by atoms with E-state index < -0.39 is 0 Å². The second-order valence-corrected chi connectivity index (χ2v) is 4.19. The largest absolute Gasteiger partial charge is 0.496 e. The lowest BCUT2D eigenvalue weighted by molar-refractivity contribution is -0.131. The van der Waals surface area contributed by atoms with E-state index in [-0.39, 0.29) is 5.97 Å². The van der Waals surface area contributed by atoms with Gasteiger partial charge in [-0.25, -0.2) is 0 Å². The summed E-state index contributed by atoms with van der Waals surface area (Å²) in [6.07, 6.45) is 1.57. The minimum atomic E-state index is -0.374. The first kappa shape index (κ1) is 11.6. The van der Waals surface area contributed by atoms with Crippen molar-refractivity contribution in [2.45, 2.75) is 6.92 Å². The Hall–Kier alpha value is -2.49. The van der Waals surface area contributed by atoms with Crippen LogP contribution in [0.4, 0.5) is 0 Å². The van der Waals surface area contributed by atoms with Crippen LogP contribution in [0.3, 0.4) is 0 Å². The Bertz CT molecular complexity index is 770. The Morgan fingerprint density at radius 3 is 2.84 bits per heavy atom. The summed E-state index contributed by atoms with van der Waals surface area (Å²) in [5.74, 6) is 0.768. The number of hydrogen-bond acceptors (Lipinski definition) is 4. The van der Waals surface area contributed by atoms with Crippen molar-refractivity contribution in [3.8, 4) is 11.5 Å². The number of rotatable bonds is 2. The van der Waals surface area contributed by atoms with Crippen molar-refractivity contribution in [3.63, 3.8) is 0 Å². The molecule has 0 unspecified atom stereocenters. The minimum absolute atomic E-state index is 0.374. The number of ether oxygens (including phenoxy) is 2. The molecule has 0 saturated carbocycles. The van der Waals surface area contributed by atoms with Crippen LogP contribution in [0.2, 0.25) is 0 Å². The van der Waals surface area contributed by atoms with E-state index in [4.69, 9.17) is 13.9 Å². The van der Waals surface area contributed by atoms with Gasteiger partial charge in [0.2, 0.25) is 0 Å². The Morgan fingerprint density at radius 1 is 1.26 bits per heavy atom. The van der Waals surface area contributed by atoms with Gasteiger partial charge in [0.25, 0.3) is 0 Å². The maximum Gasteiger partial charge on any atom is 0.308 e. The molecular formula is C15H12O4. The molecule has 0 aliphatic carbocycles. The Balaban J connectivity index is 2.46. The smallest absolute Gasteiger partial charge is 0.308 e. The highest BCUT2D eigenvalue weighted by molar-refractivity contribution is 6.07. The quantitative estimate of drug-likeness (QED) is 0.520. The van der Waals surface area contributed by atoms with E-state index in [1.54, 1.807) is 19.4 Å². The van der Waals surface area contributed by atoms with Crippen LogP contribution >= 0.6 is 0 Å². The minimum Gasteiger partial charge on any atom is -0.496 e. The number of methoxy groups -OCH3 is 1. The zero-order valence-corrected chi connectivity index (χ0v) is 10.6. The molecule has 0 fully saturated rings. The zero-order valence-electron chi connectivity index (χ0n) is 10.6. The standard InChI is InChI=1S/C15H12O4/c1-9(16)19-15-11-6-7-18-13(11)8-10-4-3-5-12(17-2)14(10)15/h3-8H,1-2H3. The third-order valence-electron chi connectivity index (χ3n) is 2.98. The summed E-state index contributed by atoms with van der Waals surface area (Å²) in [5, 5.41) is 2.43. The summed E-state index contributed by atoms with van der Waals surface area (Å²) < 4.78 is 16.1. The predicted octanol–water partition coefficient (Wildman–Crippen LogP) is 3.52. The molecular weight excluding hydrogens is 244 g/mol. The van der Waals surface area contributed by atoms with Gasteiger partial charge in [-0.3, -0.25) is 4.79 Å². The van der Waals surface area contributed by atoms with Gasteiger partial charge in [0.05, 0.1) is 24.1 Å². The molecule has 0 saturated heterocycles. The first-order valence-corrected chi connectivity index (χ1v) is 5.86. The topological polar surface area (TPSA) is 48.7 Å². The van der Waals surface area contributed by atoms with Crippen molar-refractivity contribution in [2.75, 3.05) is 7.11 Å². The summed E-state index contributed by atoms with van der Waals surface area (Å²) in [7, 11) is 1.59. The first-order valence-electron chi connectivity index (χ1n) is 5.86. The van der Waals surface area contributed by atoms with Crippen molar-refractivity contribution in [2.24, 2.45) is 0 Å². The van der Waals surface area contributed by atoms with E-state index >= 15 is 0 Å². The van der Waals surface area contributed by atoms with Crippen molar-refractivity contribution >= 4 is 27.7 Å². The molecule has 3 rings (SSSR count). The average Bonchev–Trinajstić information content (AvgIpc) is 2.85. The average molecular weight is 256 g/mol. The fraction of sp³-hybridized carbons (Fsp3) is 0.133. The van der Waals surface area contributed by atoms with Gasteiger partial charge in [0, 0.05) is 6.92 Å². The van der Waals surface area contributed by atoms with E-state index in [1.165, 1.54) is 6.92 Å². The van der Waals surface area contributed by atoms with E-state index in [2.05, 4.69) is 0 Å². The van der Waals surface area contributed by atoms with Crippen LogP contribution in [0, 0.1) is 0 Å². The van der Waals surface area contributed by atoms with Crippen LogP contribution < -0.4 is 9.47 Å². The fourth-order valence-electron chi connectivity index (χ4n) is 2.23. The molecule has 1 aromatic heterocycles. The van der Waals surface area contributed by atoms with Crippen LogP contribution in [0.1, 0.15) is 6.92 Å². The molecule has 0 bridgehead atoms. The normalized spacial score (nSPS) is 10.8. The molecule has 0 radical (unpaired) electrons. The molecule has 0 amide bonds. The molecule has 2 aromatic carbocycles. The second kappa shape index (κ2) is 4.31. The SMILES string of the molecule is COc1cccc2cc3occc3c(OC(C)=O)c12. The molecule has 3 aromatic rings. The number of carbonyl (C=O) groups is 1. The number of furan rings is 1. The van der Waals surface area contributed by atoms with Gasteiger partial charge in [-0.15, -0.1) is 0 Å². The van der Waals surface area contributed by atoms with Crippen molar-refractivity contribution in [1.29, 1.82) is 0 Å². The third-order valence-corrected chi connectivity index (χ3v) is 2.98. The lowest BCUT2D eigenvalue weighted by Crippen LogP contribution is -2.02. The molecule has 96 valence electrons. The van der Waals surface area contributed by atoms with Gasteiger partial charge in [0.15, 0.2) is 5.75 Å². The van der Waals surface area contributed by atoms with Gasteiger partial charge >= 0.3 is 5.97 Å². The van der Waals surface area contributed by atoms with Crippen molar-refractivity contribution in [3.05, 3.63) is 36.6 Å². The number of hydrogen-bond donors (Lipinski definition) is 0. The van der Waals surface area contributed by atoms with Crippen LogP contribution in [-0.2, 0) is 4.79 Å². The highest BCUT2D eigenvalue weighted by atomic mass is 16.5. The summed E-state index contributed by atoms with van der Waals surface area (Å²) in [4.78, 5) is 11.3. The summed E-state index contributed by atoms with van der Waals surface area (Å²) in [6, 6.07) is 9.32. The highest BCUT2D eigenvalue weighted by Crippen LogP contribution is 2.40. The van der Waals surface area contributed by atoms with Gasteiger partial charge < -0.3 is 13.9 Å². The third kappa shape index (κ3) is 1.81. The second-order valence-electron chi connectivity index (χ2n) is 4.19. The van der Waals surface area contributed by atoms with Gasteiger partial charge in [-0.05, 0) is 23.6 Å². The Morgan fingerprint density at radius 2 is 2.11 bits per heavy atom. The van der Waals surface area contributed by atoms with Crippen molar-refractivity contribution in [1.82, 2.24) is 0 Å². The maximum atomic E-state index is 11.3. The van der Waals surface area contributed by atoms with Gasteiger partial charge in [-0.2, -0.15) is 0 Å². The lowest BCUT2D eigenvalue weighted by atomic mass is 10.1. The Kier molecular flexibility index (Phi) is 2.63. The molecule has 0 N–H and O–H groups in total. The van der Waals surface area contributed by atoms with Gasteiger partial charge in [0.1, 0.15) is 11.3 Å². The van der Waals surface area contributed by atoms with Crippen LogP contribution in [-0.4, -0.2) is 13.1 Å². The molecule has 19 heavy (non-hydrogen) atoms. The Labute approximate surface area is 109 Å². The number of benzene rings is 2. The van der Waals surface area contributed by atoms with Crippen molar-refractivity contribution < 1.29 is 18.7 Å². The van der Waals surface area contributed by atoms with E-state index in [1.807, 2.05) is 24.3 Å². The molecule has 0 atom stereocenters. The first-order chi connectivity index (χ1) is 9.20. The predicted molar refractivity (Wildman–Crippen MR) is 71.6 cm³/mol.